The van der Waals surface area contributed by atoms with Crippen LogP contribution in [0.5, 0.6) is 11.5 Å². The number of hydrogen-bond acceptors (Lipinski definition) is 3. The molecule has 14 heavy (non-hydrogen) atoms. The van der Waals surface area contributed by atoms with E-state index in [1.165, 1.54) is 6.92 Å². The molecule has 1 aliphatic rings. The van der Waals surface area contributed by atoms with Gasteiger partial charge in [0.05, 0.1) is 12.2 Å². The molecule has 0 atom stereocenters. The first-order chi connectivity index (χ1) is 6.61. The van der Waals surface area contributed by atoms with Crippen LogP contribution in [-0.4, -0.2) is 17.5 Å². The summed E-state index contributed by atoms with van der Waals surface area (Å²) in [6.45, 7) is 1.95. The molecule has 2 rings (SSSR count). The van der Waals surface area contributed by atoms with Crippen LogP contribution >= 0.6 is 11.6 Å². The number of carbonyl (C=O) groups excluding carboxylic acids is 1. The lowest BCUT2D eigenvalue weighted by Gasteiger charge is -2.07. The molecule has 1 N–H and O–H groups in total. The third kappa shape index (κ3) is 1.24. The number of hydrogen-bond donors (Lipinski definition) is 1. The fourth-order valence-electron chi connectivity index (χ4n) is 1.55. The van der Waals surface area contributed by atoms with Gasteiger partial charge >= 0.3 is 0 Å². The largest absolute Gasteiger partial charge is 0.505 e. The van der Waals surface area contributed by atoms with Gasteiger partial charge in [-0.25, -0.2) is 0 Å². The summed E-state index contributed by atoms with van der Waals surface area (Å²) in [7, 11) is 0. The number of halogens is 1. The van der Waals surface area contributed by atoms with Crippen molar-refractivity contribution in [2.24, 2.45) is 0 Å². The molecule has 0 aliphatic carbocycles. The van der Waals surface area contributed by atoms with Crippen molar-refractivity contribution in [2.45, 2.75) is 13.3 Å². The van der Waals surface area contributed by atoms with E-state index >= 15 is 0 Å². The minimum absolute atomic E-state index is 0.144. The van der Waals surface area contributed by atoms with Crippen LogP contribution in [0.3, 0.4) is 0 Å². The number of fused-ring (bicyclic) bond motifs is 1. The zero-order valence-electron chi connectivity index (χ0n) is 7.63. The van der Waals surface area contributed by atoms with E-state index in [2.05, 4.69) is 0 Å². The molecule has 0 unspecified atom stereocenters. The fourth-order valence-corrected chi connectivity index (χ4v) is 1.83. The Hall–Kier alpha value is -1.22. The second-order valence-electron chi connectivity index (χ2n) is 3.23. The predicted molar refractivity (Wildman–Crippen MR) is 52.3 cm³/mol. The molecule has 0 saturated heterocycles. The first-order valence-corrected chi connectivity index (χ1v) is 4.67. The van der Waals surface area contributed by atoms with Crippen LogP contribution in [0.4, 0.5) is 0 Å². The Bertz CT molecular complexity index is 412. The van der Waals surface area contributed by atoms with Crippen molar-refractivity contribution in [1.82, 2.24) is 0 Å². The normalized spacial score (nSPS) is 13.6. The molecule has 1 aliphatic heterocycles. The topological polar surface area (TPSA) is 46.5 Å². The quantitative estimate of drug-likeness (QED) is 0.726. The van der Waals surface area contributed by atoms with Crippen LogP contribution in [0.1, 0.15) is 22.8 Å². The van der Waals surface area contributed by atoms with Gasteiger partial charge in [-0.1, -0.05) is 11.6 Å². The van der Waals surface area contributed by atoms with Gasteiger partial charge in [-0.05, 0) is 13.0 Å². The van der Waals surface area contributed by atoms with Crippen LogP contribution in [-0.2, 0) is 6.42 Å². The van der Waals surface area contributed by atoms with Gasteiger partial charge in [0.25, 0.3) is 0 Å². The van der Waals surface area contributed by atoms with E-state index in [4.69, 9.17) is 16.3 Å². The number of carbonyl (C=O) groups is 1. The van der Waals surface area contributed by atoms with Crippen molar-refractivity contribution in [3.63, 3.8) is 0 Å². The van der Waals surface area contributed by atoms with E-state index in [1.54, 1.807) is 6.07 Å². The van der Waals surface area contributed by atoms with Crippen molar-refractivity contribution in [2.75, 3.05) is 6.61 Å². The minimum atomic E-state index is -0.195. The molecule has 0 aromatic heterocycles. The van der Waals surface area contributed by atoms with Gasteiger partial charge in [-0.2, -0.15) is 0 Å². The number of phenols is 1. The first kappa shape index (κ1) is 9.34. The zero-order valence-corrected chi connectivity index (χ0v) is 8.39. The van der Waals surface area contributed by atoms with Crippen LogP contribution in [0.15, 0.2) is 6.07 Å². The van der Waals surface area contributed by atoms with Crippen LogP contribution in [0.2, 0.25) is 5.02 Å². The van der Waals surface area contributed by atoms with Gasteiger partial charge in [-0.3, -0.25) is 4.79 Å². The SMILES string of the molecule is CC(=O)c1cc2c(c(Cl)c1O)OCC2. The van der Waals surface area contributed by atoms with Crippen molar-refractivity contribution in [3.8, 4) is 11.5 Å². The second-order valence-corrected chi connectivity index (χ2v) is 3.61. The predicted octanol–water partition coefficient (Wildman–Crippen LogP) is 2.18. The average molecular weight is 213 g/mol. The van der Waals surface area contributed by atoms with E-state index < -0.39 is 0 Å². The monoisotopic (exact) mass is 212 g/mol. The highest BCUT2D eigenvalue weighted by Crippen LogP contribution is 2.42. The summed E-state index contributed by atoms with van der Waals surface area (Å²) in [5, 5.41) is 9.74. The molecule has 4 heteroatoms. The lowest BCUT2D eigenvalue weighted by molar-refractivity contribution is 0.101. The Morgan fingerprint density at radius 3 is 3.00 bits per heavy atom. The number of rotatable bonds is 1. The third-order valence-corrected chi connectivity index (χ3v) is 2.62. The summed E-state index contributed by atoms with van der Waals surface area (Å²) in [5.41, 5.74) is 1.15. The summed E-state index contributed by atoms with van der Waals surface area (Å²) in [5.74, 6) is 0.132. The van der Waals surface area contributed by atoms with Gasteiger partial charge in [0, 0.05) is 12.0 Å². The maximum absolute atomic E-state index is 11.2. The lowest BCUT2D eigenvalue weighted by atomic mass is 10.0. The number of Topliss-reactive ketones (excluding diaryl/α,β-unsaturated/α-hetero) is 1. The summed E-state index contributed by atoms with van der Waals surface area (Å²) >= 11 is 5.86. The summed E-state index contributed by atoms with van der Waals surface area (Å²) in [6.07, 6.45) is 0.732. The third-order valence-electron chi connectivity index (χ3n) is 2.27. The Morgan fingerprint density at radius 1 is 1.64 bits per heavy atom. The Morgan fingerprint density at radius 2 is 2.36 bits per heavy atom. The van der Waals surface area contributed by atoms with E-state index in [9.17, 15) is 9.90 Å². The Labute approximate surface area is 86.3 Å². The maximum Gasteiger partial charge on any atom is 0.163 e. The summed E-state index contributed by atoms with van der Waals surface area (Å²) in [4.78, 5) is 11.2. The van der Waals surface area contributed by atoms with E-state index in [1.807, 2.05) is 0 Å². The van der Waals surface area contributed by atoms with Gasteiger partial charge in [0.1, 0.15) is 16.5 Å². The smallest absolute Gasteiger partial charge is 0.163 e. The van der Waals surface area contributed by atoms with Crippen LogP contribution < -0.4 is 4.74 Å². The zero-order chi connectivity index (χ0) is 10.3. The molecule has 1 heterocycles. The molecule has 0 radical (unpaired) electrons. The van der Waals surface area contributed by atoms with Crippen molar-refractivity contribution in [1.29, 1.82) is 0 Å². The number of ketones is 1. The van der Waals surface area contributed by atoms with Crippen molar-refractivity contribution >= 4 is 17.4 Å². The molecule has 0 saturated carbocycles. The molecular weight excluding hydrogens is 204 g/mol. The average Bonchev–Trinajstić information content (AvgIpc) is 2.58. The molecule has 74 valence electrons. The van der Waals surface area contributed by atoms with Gasteiger partial charge in [-0.15, -0.1) is 0 Å². The van der Waals surface area contributed by atoms with E-state index in [-0.39, 0.29) is 22.1 Å². The van der Waals surface area contributed by atoms with Crippen molar-refractivity contribution < 1.29 is 14.6 Å². The van der Waals surface area contributed by atoms with Gasteiger partial charge in [0.2, 0.25) is 0 Å². The molecular formula is C10H9ClO3. The molecule has 0 spiro atoms. The van der Waals surface area contributed by atoms with E-state index in [0.29, 0.717) is 12.4 Å². The minimum Gasteiger partial charge on any atom is -0.505 e. The van der Waals surface area contributed by atoms with Crippen LogP contribution in [0, 0.1) is 0 Å². The highest BCUT2D eigenvalue weighted by molar-refractivity contribution is 6.34. The molecule has 1 aromatic carbocycles. The standard InChI is InChI=1S/C10H9ClO3/c1-5(12)7-4-6-2-3-14-10(6)8(11)9(7)13/h4,13H,2-3H2,1H3. The lowest BCUT2D eigenvalue weighted by Crippen LogP contribution is -1.95. The van der Waals surface area contributed by atoms with Gasteiger partial charge < -0.3 is 9.84 Å². The molecule has 3 nitrogen and oxygen atoms in total. The molecule has 1 aromatic rings. The number of ether oxygens (including phenoxy) is 1. The van der Waals surface area contributed by atoms with Gasteiger partial charge in [0.15, 0.2) is 5.78 Å². The first-order valence-electron chi connectivity index (χ1n) is 4.29. The molecule has 0 bridgehead atoms. The van der Waals surface area contributed by atoms with Crippen LogP contribution in [0.25, 0.3) is 0 Å². The Balaban J connectivity index is 2.67. The number of benzene rings is 1. The van der Waals surface area contributed by atoms with Crippen molar-refractivity contribution in [3.05, 3.63) is 22.2 Å². The Kier molecular flexibility index (Phi) is 2.11. The van der Waals surface area contributed by atoms with E-state index in [0.717, 1.165) is 12.0 Å². The summed E-state index contributed by atoms with van der Waals surface area (Å²) < 4.78 is 5.24. The maximum atomic E-state index is 11.2. The highest BCUT2D eigenvalue weighted by atomic mass is 35.5. The highest BCUT2D eigenvalue weighted by Gasteiger charge is 2.22. The molecule has 0 amide bonds. The fraction of sp³-hybridized carbons (Fsp3) is 0.300. The number of aromatic hydroxyl groups is 1. The second kappa shape index (κ2) is 3.17. The number of phenolic OH excluding ortho intramolecular Hbond substituents is 1. The summed E-state index contributed by atoms with van der Waals surface area (Å²) in [6, 6.07) is 1.64. The molecule has 0 fully saturated rings.